The summed E-state index contributed by atoms with van der Waals surface area (Å²) in [5.74, 6) is -3.11. The lowest BCUT2D eigenvalue weighted by Crippen LogP contribution is -2.58. The molecule has 2 unspecified atom stereocenters. The van der Waals surface area contributed by atoms with Crippen molar-refractivity contribution in [2.45, 2.75) is 106 Å². The van der Waals surface area contributed by atoms with Crippen molar-refractivity contribution < 1.29 is 33.8 Å². The van der Waals surface area contributed by atoms with Crippen LogP contribution in [0.15, 0.2) is 55.6 Å². The zero-order valence-corrected chi connectivity index (χ0v) is 30.3. The smallest absolute Gasteiger partial charge is 0.313 e. The van der Waals surface area contributed by atoms with Crippen molar-refractivity contribution in [2.75, 3.05) is 26.7 Å². The van der Waals surface area contributed by atoms with E-state index in [9.17, 15) is 24.3 Å². The molecule has 48 heavy (non-hydrogen) atoms. The van der Waals surface area contributed by atoms with Gasteiger partial charge in [0.2, 0.25) is 17.7 Å². The molecule has 1 aromatic carbocycles. The number of likely N-dealkylation sites (tertiary alicyclic amines) is 1. The first kappa shape index (κ1) is 37.8. The first-order chi connectivity index (χ1) is 23.0. The number of aliphatic hydroxyl groups excluding tert-OH is 1. The molecular weight excluding hydrogens is 678 g/mol. The molecule has 10 nitrogen and oxygen atoms in total. The van der Waals surface area contributed by atoms with Gasteiger partial charge in [-0.3, -0.25) is 19.2 Å². The first-order valence-electron chi connectivity index (χ1n) is 17.3. The number of hydrogen-bond donors (Lipinski definition) is 1. The number of amides is 3. The highest BCUT2D eigenvalue weighted by atomic mass is 79.9. The number of carbonyl (C=O) groups excluding carboxylic acids is 4. The van der Waals surface area contributed by atoms with Crippen LogP contribution in [-0.2, 0) is 28.7 Å². The molecule has 0 aromatic heterocycles. The Balaban J connectivity index is 1.71. The summed E-state index contributed by atoms with van der Waals surface area (Å²) in [4.78, 5) is 61.2. The van der Waals surface area contributed by atoms with Gasteiger partial charge in [-0.1, -0.05) is 71.8 Å². The predicted octanol–water partition coefficient (Wildman–Crippen LogP) is 4.81. The SMILES string of the molecule is C=CCCC(=O)N(C)[C@@H](C)[C@@H](OC(=O)[C@@H]1[C@H]2O[C@@]3(CC2Br)[C@H](C(=O)N(CC=C)C(C)CCC)N(CCCCO)C(=O)[C@@H]13)c1ccccc1. The fourth-order valence-electron chi connectivity index (χ4n) is 7.79. The van der Waals surface area contributed by atoms with Gasteiger partial charge in [-0.15, -0.1) is 13.2 Å². The van der Waals surface area contributed by atoms with Gasteiger partial charge in [-0.2, -0.15) is 0 Å². The van der Waals surface area contributed by atoms with E-state index in [4.69, 9.17) is 9.47 Å². The molecule has 1 aromatic rings. The van der Waals surface area contributed by atoms with Gasteiger partial charge in [-0.25, -0.2) is 0 Å². The Labute approximate surface area is 293 Å². The van der Waals surface area contributed by atoms with Gasteiger partial charge in [-0.05, 0) is 51.5 Å². The molecule has 2 bridgehead atoms. The van der Waals surface area contributed by atoms with E-state index in [1.54, 1.807) is 33.9 Å². The Kier molecular flexibility index (Phi) is 13.1. The molecular formula is C37H52BrN3O7. The van der Waals surface area contributed by atoms with Crippen molar-refractivity contribution in [1.82, 2.24) is 14.7 Å². The number of halogens is 1. The summed E-state index contributed by atoms with van der Waals surface area (Å²) in [5, 5.41) is 9.51. The molecule has 11 heteroatoms. The molecule has 264 valence electrons. The molecule has 9 atom stereocenters. The molecule has 4 rings (SSSR count). The summed E-state index contributed by atoms with van der Waals surface area (Å²) >= 11 is 3.75. The zero-order chi connectivity index (χ0) is 35.2. The van der Waals surface area contributed by atoms with Gasteiger partial charge in [0.15, 0.2) is 0 Å². The van der Waals surface area contributed by atoms with E-state index in [-0.39, 0.29) is 48.2 Å². The minimum absolute atomic E-state index is 0.0358. The number of allylic oxidation sites excluding steroid dienone is 1. The van der Waals surface area contributed by atoms with Gasteiger partial charge in [0, 0.05) is 44.0 Å². The molecule has 3 heterocycles. The average Bonchev–Trinajstić information content (AvgIpc) is 3.67. The minimum Gasteiger partial charge on any atom is -0.455 e. The maximum absolute atomic E-state index is 14.6. The van der Waals surface area contributed by atoms with E-state index in [0.29, 0.717) is 32.2 Å². The van der Waals surface area contributed by atoms with E-state index in [0.717, 1.165) is 18.4 Å². The van der Waals surface area contributed by atoms with Crippen LogP contribution in [0.3, 0.4) is 0 Å². The van der Waals surface area contributed by atoms with Crippen LogP contribution >= 0.6 is 15.9 Å². The van der Waals surface area contributed by atoms with Gasteiger partial charge in [0.25, 0.3) is 0 Å². The normalized spacial score (nSPS) is 27.6. The lowest BCUT2D eigenvalue weighted by Gasteiger charge is -2.39. The molecule has 0 aliphatic carbocycles. The number of ether oxygens (including phenoxy) is 2. The maximum Gasteiger partial charge on any atom is 0.313 e. The van der Waals surface area contributed by atoms with Crippen LogP contribution in [0, 0.1) is 11.8 Å². The summed E-state index contributed by atoms with van der Waals surface area (Å²) < 4.78 is 13.0. The van der Waals surface area contributed by atoms with Gasteiger partial charge >= 0.3 is 5.97 Å². The van der Waals surface area contributed by atoms with Crippen LogP contribution in [0.5, 0.6) is 0 Å². The predicted molar refractivity (Wildman–Crippen MR) is 187 cm³/mol. The van der Waals surface area contributed by atoms with Gasteiger partial charge in [0.05, 0.1) is 24.0 Å². The third kappa shape index (κ3) is 7.28. The highest BCUT2D eigenvalue weighted by molar-refractivity contribution is 9.09. The van der Waals surface area contributed by atoms with Crippen molar-refractivity contribution >= 4 is 39.6 Å². The zero-order valence-electron chi connectivity index (χ0n) is 28.8. The number of unbranched alkanes of at least 4 members (excludes halogenated alkanes) is 1. The van der Waals surface area contributed by atoms with Gasteiger partial charge < -0.3 is 29.3 Å². The van der Waals surface area contributed by atoms with Crippen molar-refractivity contribution in [3.63, 3.8) is 0 Å². The van der Waals surface area contributed by atoms with Crippen molar-refractivity contribution in [3.8, 4) is 0 Å². The second kappa shape index (κ2) is 16.6. The summed E-state index contributed by atoms with van der Waals surface area (Å²) in [5.41, 5.74) is -0.510. The summed E-state index contributed by atoms with van der Waals surface area (Å²) in [6, 6.07) is 7.73. The second-order valence-corrected chi connectivity index (χ2v) is 14.6. The number of rotatable bonds is 18. The Morgan fingerprint density at radius 3 is 2.52 bits per heavy atom. The number of alkyl halides is 1. The molecule has 1 spiro atoms. The Morgan fingerprint density at radius 1 is 1.19 bits per heavy atom. The van der Waals surface area contributed by atoms with Crippen LogP contribution in [0.4, 0.5) is 0 Å². The highest BCUT2D eigenvalue weighted by Gasteiger charge is 2.77. The number of fused-ring (bicyclic) bond motifs is 1. The number of likely N-dealkylation sites (N-methyl/N-ethyl adjacent to an activating group) is 1. The lowest BCUT2D eigenvalue weighted by molar-refractivity contribution is -0.164. The van der Waals surface area contributed by atoms with E-state index in [2.05, 4.69) is 36.0 Å². The Morgan fingerprint density at radius 2 is 1.90 bits per heavy atom. The van der Waals surface area contributed by atoms with E-state index >= 15 is 0 Å². The molecule has 0 radical (unpaired) electrons. The van der Waals surface area contributed by atoms with Gasteiger partial charge in [0.1, 0.15) is 17.7 Å². The Hall–Kier alpha value is -3.02. The van der Waals surface area contributed by atoms with E-state index in [1.807, 2.05) is 44.2 Å². The van der Waals surface area contributed by atoms with Crippen LogP contribution in [0.2, 0.25) is 0 Å². The second-order valence-electron chi connectivity index (χ2n) is 13.4. The molecule has 3 aliphatic rings. The molecule has 3 saturated heterocycles. The quantitative estimate of drug-likeness (QED) is 0.0999. The van der Waals surface area contributed by atoms with Crippen molar-refractivity contribution in [2.24, 2.45) is 11.8 Å². The van der Waals surface area contributed by atoms with Crippen LogP contribution < -0.4 is 0 Å². The molecule has 3 amide bonds. The van der Waals surface area contributed by atoms with E-state index < -0.39 is 47.7 Å². The lowest BCUT2D eigenvalue weighted by atomic mass is 9.70. The monoisotopic (exact) mass is 729 g/mol. The standard InChI is InChI=1S/C37H52BrN3O7/c1-7-10-19-28(43)39(6)25(5)31(26-17-12-11-13-18-26)47-36(46)29-30-34(44)41(21-14-15-22-42)33(37(30)23-27(38)32(29)48-37)35(45)40(20-9-3)24(4)16-8-2/h7,9,11-13,17-18,24-25,27,29-33,42H,1,3,8,10,14-16,19-23H2,2,4-6H3/t24?,25-,27?,29-,30+,31+,32-,33-,37+/m0/s1. The van der Waals surface area contributed by atoms with Crippen LogP contribution in [0.25, 0.3) is 0 Å². The number of hydrogen-bond acceptors (Lipinski definition) is 7. The summed E-state index contributed by atoms with van der Waals surface area (Å²) in [7, 11) is 1.69. The third-order valence-electron chi connectivity index (χ3n) is 10.3. The Bertz CT molecular complexity index is 1330. The topological polar surface area (TPSA) is 117 Å². The average molecular weight is 731 g/mol. The number of esters is 1. The van der Waals surface area contributed by atoms with Crippen LogP contribution in [-0.4, -0.2) is 105 Å². The first-order valence-corrected chi connectivity index (χ1v) is 18.2. The number of carbonyl (C=O) groups is 4. The molecule has 3 aliphatic heterocycles. The van der Waals surface area contributed by atoms with Crippen molar-refractivity contribution in [1.29, 1.82) is 0 Å². The molecule has 3 fully saturated rings. The number of aliphatic hydroxyl groups is 1. The van der Waals surface area contributed by atoms with Crippen LogP contribution in [0.1, 0.15) is 77.4 Å². The van der Waals surface area contributed by atoms with E-state index in [1.165, 1.54) is 0 Å². The minimum atomic E-state index is -1.23. The maximum atomic E-state index is 14.6. The highest BCUT2D eigenvalue weighted by Crippen LogP contribution is 2.60. The summed E-state index contributed by atoms with van der Waals surface area (Å²) in [6.07, 6.45) is 5.71. The third-order valence-corrected chi connectivity index (χ3v) is 11.2. The van der Waals surface area contributed by atoms with Crippen molar-refractivity contribution in [3.05, 3.63) is 61.2 Å². The fourth-order valence-corrected chi connectivity index (χ4v) is 8.74. The molecule has 1 N–H and O–H groups in total. The fraction of sp³-hybridized carbons (Fsp3) is 0.622. The number of nitrogens with zero attached hydrogens (tertiary/aromatic N) is 3. The summed E-state index contributed by atoms with van der Waals surface area (Å²) in [6.45, 7) is 14.0. The molecule has 0 saturated carbocycles. The largest absolute Gasteiger partial charge is 0.455 e. The number of benzene rings is 1.